The summed E-state index contributed by atoms with van der Waals surface area (Å²) in [7, 11) is 0. The molecule has 0 fully saturated rings. The number of ketones is 1. The molecule has 144 valence electrons. The van der Waals surface area contributed by atoms with E-state index in [1.54, 1.807) is 23.7 Å². The van der Waals surface area contributed by atoms with Crippen LogP contribution >= 0.6 is 23.7 Å². The van der Waals surface area contributed by atoms with Gasteiger partial charge in [-0.25, -0.2) is 4.98 Å². The number of carbonyl (C=O) groups excluding carboxylic acids is 1. The lowest BCUT2D eigenvalue weighted by Crippen LogP contribution is -2.29. The monoisotopic (exact) mass is 409 g/mol. The van der Waals surface area contributed by atoms with Crippen molar-refractivity contribution in [2.24, 2.45) is 0 Å². The molecular formula is C22H23N3OS2. The standard InChI is InChI=1S/C22H23N3OS2/c1-3-15-27-22-23-21-18(25(22)17-13-9-6-10-14-17)19(26)20(28-24(21)4-2)16-11-7-5-8-12-16/h5-14,20H,3-4,15H2,1-2H3. The summed E-state index contributed by atoms with van der Waals surface area (Å²) in [6.45, 7) is 5.06. The number of thioether (sulfide) groups is 1. The molecular weight excluding hydrogens is 386 g/mol. The van der Waals surface area contributed by atoms with E-state index < -0.39 is 0 Å². The third-order valence-electron chi connectivity index (χ3n) is 4.61. The van der Waals surface area contributed by atoms with Gasteiger partial charge in [-0.1, -0.05) is 67.2 Å². The maximum atomic E-state index is 13.6. The minimum Gasteiger partial charge on any atom is -0.298 e. The molecule has 3 aromatic rings. The molecule has 28 heavy (non-hydrogen) atoms. The molecule has 1 aromatic heterocycles. The topological polar surface area (TPSA) is 38.1 Å². The summed E-state index contributed by atoms with van der Waals surface area (Å²) in [6, 6.07) is 20.1. The Labute approximate surface area is 174 Å². The van der Waals surface area contributed by atoms with Crippen LogP contribution < -0.4 is 4.31 Å². The summed E-state index contributed by atoms with van der Waals surface area (Å²) in [5.41, 5.74) is 2.71. The third-order valence-corrected chi connectivity index (χ3v) is 7.13. The zero-order valence-electron chi connectivity index (χ0n) is 16.0. The highest BCUT2D eigenvalue weighted by Gasteiger charge is 2.39. The molecule has 1 aliphatic heterocycles. The van der Waals surface area contributed by atoms with E-state index in [1.807, 2.05) is 60.7 Å². The molecule has 6 heteroatoms. The van der Waals surface area contributed by atoms with Crippen LogP contribution in [0.15, 0.2) is 65.8 Å². The first-order chi connectivity index (χ1) is 13.7. The van der Waals surface area contributed by atoms with Crippen molar-refractivity contribution in [2.45, 2.75) is 30.7 Å². The molecule has 0 spiro atoms. The van der Waals surface area contributed by atoms with Crippen molar-refractivity contribution >= 4 is 35.3 Å². The summed E-state index contributed by atoms with van der Waals surface area (Å²) in [4.78, 5) is 18.5. The van der Waals surface area contributed by atoms with Crippen LogP contribution in [0.1, 0.15) is 41.6 Å². The highest BCUT2D eigenvalue weighted by molar-refractivity contribution is 8.01. The maximum Gasteiger partial charge on any atom is 0.202 e. The summed E-state index contributed by atoms with van der Waals surface area (Å²) in [5, 5.41) is 0.635. The molecule has 2 heterocycles. The molecule has 1 aliphatic rings. The van der Waals surface area contributed by atoms with Crippen molar-refractivity contribution in [1.82, 2.24) is 9.55 Å². The molecule has 0 aliphatic carbocycles. The number of fused-ring (bicyclic) bond motifs is 1. The van der Waals surface area contributed by atoms with E-state index in [1.165, 1.54) is 0 Å². The Morgan fingerprint density at radius 3 is 2.36 bits per heavy atom. The molecule has 0 amide bonds. The largest absolute Gasteiger partial charge is 0.298 e. The van der Waals surface area contributed by atoms with Crippen molar-refractivity contribution in [3.63, 3.8) is 0 Å². The number of imidazole rings is 1. The zero-order valence-corrected chi connectivity index (χ0v) is 17.7. The van der Waals surface area contributed by atoms with Gasteiger partial charge in [-0.05, 0) is 43.0 Å². The lowest BCUT2D eigenvalue weighted by Gasteiger charge is -2.30. The highest BCUT2D eigenvalue weighted by Crippen LogP contribution is 2.46. The van der Waals surface area contributed by atoms with Gasteiger partial charge in [0.1, 0.15) is 10.9 Å². The summed E-state index contributed by atoms with van der Waals surface area (Å²) >= 11 is 3.29. The van der Waals surface area contributed by atoms with Crippen LogP contribution in [0.2, 0.25) is 0 Å². The first-order valence-corrected chi connectivity index (χ1v) is 11.4. The Kier molecular flexibility index (Phi) is 5.78. The Balaban J connectivity index is 1.88. The van der Waals surface area contributed by atoms with Crippen LogP contribution in [0, 0.1) is 0 Å². The number of anilines is 1. The number of benzene rings is 2. The summed E-state index contributed by atoms with van der Waals surface area (Å²) in [6.07, 6.45) is 1.06. The van der Waals surface area contributed by atoms with Gasteiger partial charge in [0.15, 0.2) is 11.0 Å². The van der Waals surface area contributed by atoms with E-state index in [9.17, 15) is 4.79 Å². The number of hydrogen-bond donors (Lipinski definition) is 0. The predicted molar refractivity (Wildman–Crippen MR) is 119 cm³/mol. The van der Waals surface area contributed by atoms with E-state index in [0.29, 0.717) is 5.69 Å². The maximum absolute atomic E-state index is 13.6. The van der Waals surface area contributed by atoms with Crippen molar-refractivity contribution in [3.8, 4) is 5.69 Å². The summed E-state index contributed by atoms with van der Waals surface area (Å²) in [5.74, 6) is 1.88. The lowest BCUT2D eigenvalue weighted by atomic mass is 10.1. The Morgan fingerprint density at radius 1 is 1.04 bits per heavy atom. The second-order valence-electron chi connectivity index (χ2n) is 6.54. The fraction of sp³-hybridized carbons (Fsp3) is 0.273. The van der Waals surface area contributed by atoms with Crippen molar-refractivity contribution in [3.05, 3.63) is 71.9 Å². The molecule has 4 rings (SSSR count). The summed E-state index contributed by atoms with van der Waals surface area (Å²) < 4.78 is 4.21. The predicted octanol–water partition coefficient (Wildman–Crippen LogP) is 5.79. The Hall–Kier alpha value is -2.18. The van der Waals surface area contributed by atoms with Crippen LogP contribution in [-0.4, -0.2) is 27.6 Å². The molecule has 0 saturated heterocycles. The molecule has 0 N–H and O–H groups in total. The average molecular weight is 410 g/mol. The number of aromatic nitrogens is 2. The van der Waals surface area contributed by atoms with Crippen molar-refractivity contribution in [1.29, 1.82) is 0 Å². The van der Waals surface area contributed by atoms with Gasteiger partial charge in [0.05, 0.1) is 0 Å². The molecule has 0 radical (unpaired) electrons. The van der Waals surface area contributed by atoms with Crippen molar-refractivity contribution in [2.75, 3.05) is 16.6 Å². The van der Waals surface area contributed by atoms with Gasteiger partial charge in [0, 0.05) is 18.0 Å². The van der Waals surface area contributed by atoms with E-state index in [4.69, 9.17) is 4.98 Å². The number of rotatable bonds is 6. The third kappa shape index (κ3) is 3.47. The SMILES string of the molecule is CCCSc1nc2c(n1-c1ccccc1)C(=O)C(c1ccccc1)SN2CC. The second kappa shape index (κ2) is 8.45. The second-order valence-corrected chi connectivity index (χ2v) is 8.73. The fourth-order valence-electron chi connectivity index (χ4n) is 3.30. The minimum absolute atomic E-state index is 0.121. The van der Waals surface area contributed by atoms with Crippen LogP contribution in [-0.2, 0) is 0 Å². The van der Waals surface area contributed by atoms with Gasteiger partial charge in [-0.15, -0.1) is 0 Å². The quantitative estimate of drug-likeness (QED) is 0.381. The Morgan fingerprint density at radius 2 is 1.71 bits per heavy atom. The molecule has 0 bridgehead atoms. The molecule has 4 nitrogen and oxygen atoms in total. The molecule has 1 unspecified atom stereocenters. The molecule has 2 aromatic carbocycles. The normalized spacial score (nSPS) is 16.3. The number of nitrogens with zero attached hydrogens (tertiary/aromatic N) is 3. The van der Waals surface area contributed by atoms with E-state index in [-0.39, 0.29) is 11.0 Å². The molecule has 0 saturated carbocycles. The zero-order chi connectivity index (χ0) is 19.5. The highest BCUT2D eigenvalue weighted by atomic mass is 32.2. The molecule has 1 atom stereocenters. The minimum atomic E-state index is -0.253. The number of carbonyl (C=O) groups is 1. The van der Waals surface area contributed by atoms with E-state index >= 15 is 0 Å². The van der Waals surface area contributed by atoms with Crippen molar-refractivity contribution < 1.29 is 4.79 Å². The van der Waals surface area contributed by atoms with Gasteiger partial charge >= 0.3 is 0 Å². The van der Waals surface area contributed by atoms with E-state index in [0.717, 1.165) is 40.9 Å². The lowest BCUT2D eigenvalue weighted by molar-refractivity contribution is 0.0981. The van der Waals surface area contributed by atoms with Gasteiger partial charge in [-0.3, -0.25) is 13.7 Å². The van der Waals surface area contributed by atoms with Gasteiger partial charge in [-0.2, -0.15) is 0 Å². The number of para-hydroxylation sites is 1. The first-order valence-electron chi connectivity index (χ1n) is 9.59. The van der Waals surface area contributed by atoms with Gasteiger partial charge in [0.25, 0.3) is 0 Å². The van der Waals surface area contributed by atoms with Crippen LogP contribution in [0.3, 0.4) is 0 Å². The Bertz CT molecular complexity index is 957. The van der Waals surface area contributed by atoms with E-state index in [2.05, 4.69) is 22.7 Å². The van der Waals surface area contributed by atoms with Gasteiger partial charge < -0.3 is 0 Å². The van der Waals surface area contributed by atoms with Crippen LogP contribution in [0.5, 0.6) is 0 Å². The van der Waals surface area contributed by atoms with Crippen LogP contribution in [0.25, 0.3) is 5.69 Å². The number of hydrogen-bond acceptors (Lipinski definition) is 5. The van der Waals surface area contributed by atoms with Crippen LogP contribution in [0.4, 0.5) is 5.82 Å². The first kappa shape index (κ1) is 19.2. The average Bonchev–Trinajstić information content (AvgIpc) is 3.14. The van der Waals surface area contributed by atoms with Gasteiger partial charge in [0.2, 0.25) is 5.78 Å². The number of Topliss-reactive ketones (excluding diaryl/α,β-unsaturated/α-hetero) is 1. The smallest absolute Gasteiger partial charge is 0.202 e. The fourth-order valence-corrected chi connectivity index (χ4v) is 5.28.